The Balaban J connectivity index is -0.000000259. The smallest absolute Gasteiger partial charge is 0.317 e. The van der Waals surface area contributed by atoms with Gasteiger partial charge in [-0.25, -0.2) is 0 Å². The summed E-state index contributed by atoms with van der Waals surface area (Å²) in [5.74, 6) is -2.00. The highest BCUT2D eigenvalue weighted by Gasteiger charge is 2.45. The van der Waals surface area contributed by atoms with Crippen LogP contribution in [0.1, 0.15) is 70.2 Å². The van der Waals surface area contributed by atoms with Crippen molar-refractivity contribution in [3.8, 4) is 0 Å². The third kappa shape index (κ3) is 6.16. The summed E-state index contributed by atoms with van der Waals surface area (Å²) in [5, 5.41) is 0. The Morgan fingerprint density at radius 3 is 1.77 bits per heavy atom. The first-order valence-electron chi connectivity index (χ1n) is 6.44. The van der Waals surface area contributed by atoms with Crippen LogP contribution in [0.2, 0.25) is 0 Å². The predicted molar refractivity (Wildman–Crippen MR) is 90.3 cm³/mol. The number of rotatable bonds is 2. The molecule has 22 heavy (non-hydrogen) atoms. The van der Waals surface area contributed by atoms with E-state index in [2.05, 4.69) is 4.74 Å². The maximum absolute atomic E-state index is 11.4. The zero-order chi connectivity index (χ0) is 13.9. The second-order valence-electron chi connectivity index (χ2n) is 4.58. The van der Waals surface area contributed by atoms with Crippen LogP contribution in [-0.2, 0) is 23.9 Å². The van der Waals surface area contributed by atoms with Gasteiger partial charge < -0.3 is 9.47 Å². The Hall–Kier alpha value is -1.39. The SMILES string of the molecule is C.C.C.C.CC.CC1CC(=O)OC1CC1C(=O)OC(=O)C1C. The lowest BCUT2D eigenvalue weighted by atomic mass is 9.87. The molecule has 0 spiro atoms. The van der Waals surface area contributed by atoms with Crippen molar-refractivity contribution in [1.29, 1.82) is 0 Å². The fourth-order valence-corrected chi connectivity index (χ4v) is 2.19. The van der Waals surface area contributed by atoms with Crippen LogP contribution in [0.3, 0.4) is 0 Å². The minimum absolute atomic E-state index is 0. The van der Waals surface area contributed by atoms with Gasteiger partial charge in [-0.05, 0) is 6.42 Å². The maximum atomic E-state index is 11.4. The first-order valence-corrected chi connectivity index (χ1v) is 6.44. The molecule has 5 nitrogen and oxygen atoms in total. The summed E-state index contributed by atoms with van der Waals surface area (Å²) in [4.78, 5) is 33.6. The highest BCUT2D eigenvalue weighted by atomic mass is 16.6. The Morgan fingerprint density at radius 2 is 1.45 bits per heavy atom. The van der Waals surface area contributed by atoms with Crippen molar-refractivity contribution in [3.05, 3.63) is 0 Å². The van der Waals surface area contributed by atoms with E-state index in [9.17, 15) is 14.4 Å². The molecule has 0 aromatic heterocycles. The van der Waals surface area contributed by atoms with Crippen molar-refractivity contribution >= 4 is 17.9 Å². The molecular weight excluding hydrogens is 284 g/mol. The standard InChI is InChI=1S/C11H14O5.C2H6.4CH4/c1-5-3-9(12)15-8(5)4-7-6(2)10(13)16-11(7)14;1-2;;;;/h5-8H,3-4H2,1-2H3;1-2H3;4*1H4. The van der Waals surface area contributed by atoms with Gasteiger partial charge >= 0.3 is 17.9 Å². The van der Waals surface area contributed by atoms with Gasteiger partial charge in [0.1, 0.15) is 6.10 Å². The number of hydrogen-bond donors (Lipinski definition) is 0. The number of carbonyl (C=O) groups excluding carboxylic acids is 3. The second kappa shape index (κ2) is 12.2. The molecule has 4 unspecified atom stereocenters. The predicted octanol–water partition coefficient (Wildman–Crippen LogP) is 4.23. The summed E-state index contributed by atoms with van der Waals surface area (Å²) in [7, 11) is 0. The fraction of sp³-hybridized carbons (Fsp3) is 0.824. The lowest BCUT2D eigenvalue weighted by Gasteiger charge is -2.17. The molecule has 0 bridgehead atoms. The molecule has 0 aliphatic carbocycles. The van der Waals surface area contributed by atoms with Gasteiger partial charge in [0.25, 0.3) is 0 Å². The molecule has 0 aromatic rings. The molecule has 2 fully saturated rings. The number of cyclic esters (lactones) is 3. The minimum atomic E-state index is -0.493. The highest BCUT2D eigenvalue weighted by molar-refractivity contribution is 5.96. The van der Waals surface area contributed by atoms with E-state index in [0.29, 0.717) is 12.8 Å². The number of carbonyl (C=O) groups is 3. The molecule has 2 rings (SSSR count). The molecule has 5 heteroatoms. The van der Waals surface area contributed by atoms with E-state index >= 15 is 0 Å². The van der Waals surface area contributed by atoms with Crippen LogP contribution in [0, 0.1) is 17.8 Å². The van der Waals surface area contributed by atoms with E-state index < -0.39 is 23.8 Å². The zero-order valence-corrected chi connectivity index (χ0v) is 11.3. The molecule has 0 radical (unpaired) electrons. The Labute approximate surface area is 136 Å². The van der Waals surface area contributed by atoms with Crippen molar-refractivity contribution in [2.24, 2.45) is 17.8 Å². The number of hydrogen-bond acceptors (Lipinski definition) is 5. The molecule has 0 amide bonds. The molecule has 2 aliphatic heterocycles. The highest BCUT2D eigenvalue weighted by Crippen LogP contribution is 2.33. The van der Waals surface area contributed by atoms with E-state index in [0.717, 1.165) is 0 Å². The van der Waals surface area contributed by atoms with Crippen LogP contribution < -0.4 is 0 Å². The van der Waals surface area contributed by atoms with Crippen molar-refractivity contribution in [2.45, 2.75) is 76.3 Å². The monoisotopic (exact) mass is 320 g/mol. The molecule has 0 aromatic carbocycles. The summed E-state index contributed by atoms with van der Waals surface area (Å²) in [6, 6.07) is 0. The molecule has 2 heterocycles. The van der Waals surface area contributed by atoms with E-state index in [4.69, 9.17) is 4.74 Å². The van der Waals surface area contributed by atoms with E-state index in [-0.39, 0.29) is 47.7 Å². The summed E-state index contributed by atoms with van der Waals surface area (Å²) >= 11 is 0. The molecular formula is C17H36O5. The van der Waals surface area contributed by atoms with Crippen molar-refractivity contribution in [1.82, 2.24) is 0 Å². The Bertz CT molecular complexity index is 351. The summed E-state index contributed by atoms with van der Waals surface area (Å²) in [6.07, 6.45) is 0.506. The second-order valence-corrected chi connectivity index (χ2v) is 4.58. The average molecular weight is 320 g/mol. The first kappa shape index (κ1) is 28.7. The molecule has 2 aliphatic rings. The van der Waals surface area contributed by atoms with Crippen LogP contribution in [-0.4, -0.2) is 24.0 Å². The van der Waals surface area contributed by atoms with E-state index in [1.54, 1.807) is 6.92 Å². The van der Waals surface area contributed by atoms with Gasteiger partial charge in [-0.1, -0.05) is 57.4 Å². The number of ether oxygens (including phenoxy) is 2. The van der Waals surface area contributed by atoms with Gasteiger partial charge in [0.05, 0.1) is 18.3 Å². The topological polar surface area (TPSA) is 69.7 Å². The Kier molecular flexibility index (Phi) is 15.9. The quantitative estimate of drug-likeness (QED) is 0.562. The summed E-state index contributed by atoms with van der Waals surface area (Å²) in [6.45, 7) is 7.57. The molecule has 134 valence electrons. The largest absolute Gasteiger partial charge is 0.462 e. The van der Waals surface area contributed by atoms with Gasteiger partial charge in [-0.3, -0.25) is 14.4 Å². The number of esters is 3. The lowest BCUT2D eigenvalue weighted by Crippen LogP contribution is -2.24. The van der Waals surface area contributed by atoms with Crippen molar-refractivity contribution in [3.63, 3.8) is 0 Å². The molecule has 0 N–H and O–H groups in total. The Morgan fingerprint density at radius 1 is 0.955 bits per heavy atom. The van der Waals surface area contributed by atoms with Gasteiger partial charge in [0, 0.05) is 5.92 Å². The summed E-state index contributed by atoms with van der Waals surface area (Å²) < 4.78 is 9.65. The van der Waals surface area contributed by atoms with Crippen LogP contribution in [0.25, 0.3) is 0 Å². The average Bonchev–Trinajstić information content (AvgIpc) is 2.76. The third-order valence-electron chi connectivity index (χ3n) is 3.37. The van der Waals surface area contributed by atoms with Crippen molar-refractivity contribution < 1.29 is 23.9 Å². The molecule has 0 saturated carbocycles. The maximum Gasteiger partial charge on any atom is 0.317 e. The van der Waals surface area contributed by atoms with Gasteiger partial charge in [-0.2, -0.15) is 0 Å². The molecule has 2 saturated heterocycles. The van der Waals surface area contributed by atoms with Gasteiger partial charge in [-0.15, -0.1) is 0 Å². The van der Waals surface area contributed by atoms with Crippen molar-refractivity contribution in [2.75, 3.05) is 0 Å². The van der Waals surface area contributed by atoms with Crippen LogP contribution in [0.4, 0.5) is 0 Å². The lowest BCUT2D eigenvalue weighted by molar-refractivity contribution is -0.154. The van der Waals surface area contributed by atoms with Crippen LogP contribution in [0.15, 0.2) is 0 Å². The van der Waals surface area contributed by atoms with E-state index in [1.807, 2.05) is 20.8 Å². The van der Waals surface area contributed by atoms with E-state index in [1.165, 1.54) is 0 Å². The van der Waals surface area contributed by atoms with Crippen LogP contribution in [0.5, 0.6) is 0 Å². The van der Waals surface area contributed by atoms with Gasteiger partial charge in [0.2, 0.25) is 0 Å². The van der Waals surface area contributed by atoms with Crippen LogP contribution >= 0.6 is 0 Å². The van der Waals surface area contributed by atoms with Gasteiger partial charge in [0.15, 0.2) is 0 Å². The zero-order valence-electron chi connectivity index (χ0n) is 11.3. The normalized spacial score (nSPS) is 28.5. The minimum Gasteiger partial charge on any atom is -0.462 e. The molecule has 4 atom stereocenters. The summed E-state index contributed by atoms with van der Waals surface area (Å²) in [5.41, 5.74) is 0. The third-order valence-corrected chi connectivity index (χ3v) is 3.37. The fourth-order valence-electron chi connectivity index (χ4n) is 2.19. The first-order chi connectivity index (χ1) is 8.49.